The number of aryl methyl sites for hydroxylation is 1. The van der Waals surface area contributed by atoms with Crippen LogP contribution in [-0.4, -0.2) is 15.1 Å². The van der Waals surface area contributed by atoms with Crippen LogP contribution in [0.1, 0.15) is 27.4 Å². The number of halogens is 3. The number of hydrogen-bond acceptors (Lipinski definition) is 4. The predicted octanol–water partition coefficient (Wildman–Crippen LogP) is 2.95. The predicted molar refractivity (Wildman–Crippen MR) is 60.2 cm³/mol. The third-order valence-corrected chi connectivity index (χ3v) is 3.32. The zero-order chi connectivity index (χ0) is 13.3. The molecule has 0 aliphatic rings. The molecule has 0 radical (unpaired) electrons. The Morgan fingerprint density at radius 2 is 2.06 bits per heavy atom. The molecule has 1 N–H and O–H groups in total. The fourth-order valence-corrected chi connectivity index (χ4v) is 2.19. The van der Waals surface area contributed by atoms with Crippen LogP contribution < -0.4 is 0 Å². The first-order valence-electron chi connectivity index (χ1n) is 5.02. The van der Waals surface area contributed by atoms with E-state index in [-0.39, 0.29) is 4.88 Å². The van der Waals surface area contributed by atoms with E-state index in [1.807, 2.05) is 0 Å². The Bertz CT molecular complexity index is 553. The van der Waals surface area contributed by atoms with Crippen molar-refractivity contribution in [3.8, 4) is 0 Å². The summed E-state index contributed by atoms with van der Waals surface area (Å²) < 4.78 is 37.1. The van der Waals surface area contributed by atoms with Crippen molar-refractivity contribution < 1.29 is 18.3 Å². The molecule has 1 atom stereocenters. The van der Waals surface area contributed by atoms with Crippen molar-refractivity contribution in [3.05, 3.63) is 45.7 Å². The second-order valence-electron chi connectivity index (χ2n) is 3.67. The van der Waals surface area contributed by atoms with Crippen molar-refractivity contribution >= 4 is 11.3 Å². The lowest BCUT2D eigenvalue weighted by atomic mass is 10.2. The maximum Gasteiger partial charge on any atom is 0.443 e. The van der Waals surface area contributed by atoms with Gasteiger partial charge in [-0.25, -0.2) is 4.98 Å². The SMILES string of the molecule is Cc1cccc(C(O)c2cnc(C(F)(F)F)s2)n1. The van der Waals surface area contributed by atoms with Crippen LogP contribution in [0.3, 0.4) is 0 Å². The van der Waals surface area contributed by atoms with Crippen LogP contribution in [0.15, 0.2) is 24.4 Å². The Morgan fingerprint density at radius 1 is 1.33 bits per heavy atom. The number of hydrogen-bond donors (Lipinski definition) is 1. The molecule has 0 saturated heterocycles. The van der Waals surface area contributed by atoms with Crippen LogP contribution >= 0.6 is 11.3 Å². The Balaban J connectivity index is 2.29. The van der Waals surface area contributed by atoms with Gasteiger partial charge < -0.3 is 5.11 Å². The fourth-order valence-electron chi connectivity index (χ4n) is 1.41. The molecule has 0 fully saturated rings. The lowest BCUT2D eigenvalue weighted by Gasteiger charge is -2.07. The Kier molecular flexibility index (Phi) is 3.36. The average molecular weight is 274 g/mol. The smallest absolute Gasteiger partial charge is 0.381 e. The van der Waals surface area contributed by atoms with E-state index in [1.165, 1.54) is 0 Å². The molecule has 0 aliphatic heterocycles. The van der Waals surface area contributed by atoms with Gasteiger partial charge in [-0.3, -0.25) is 4.98 Å². The first kappa shape index (κ1) is 13.0. The van der Waals surface area contributed by atoms with Crippen LogP contribution in [0.25, 0.3) is 0 Å². The molecular formula is C11H9F3N2OS. The number of alkyl halides is 3. The minimum absolute atomic E-state index is 0.125. The highest BCUT2D eigenvalue weighted by atomic mass is 32.1. The number of aliphatic hydroxyl groups excluding tert-OH is 1. The van der Waals surface area contributed by atoms with Gasteiger partial charge in [0.1, 0.15) is 6.10 Å². The molecule has 0 aliphatic carbocycles. The van der Waals surface area contributed by atoms with Crippen molar-refractivity contribution in [2.75, 3.05) is 0 Å². The number of aliphatic hydroxyl groups is 1. The molecule has 96 valence electrons. The lowest BCUT2D eigenvalue weighted by molar-refractivity contribution is -0.137. The molecule has 7 heteroatoms. The summed E-state index contributed by atoms with van der Waals surface area (Å²) in [7, 11) is 0. The normalized spacial score (nSPS) is 13.6. The van der Waals surface area contributed by atoms with Crippen LogP contribution in [-0.2, 0) is 6.18 Å². The summed E-state index contributed by atoms with van der Waals surface area (Å²) in [6.07, 6.45) is -4.64. The summed E-state index contributed by atoms with van der Waals surface area (Å²) in [5.74, 6) is 0. The van der Waals surface area contributed by atoms with Crippen molar-refractivity contribution in [2.24, 2.45) is 0 Å². The highest BCUT2D eigenvalue weighted by Crippen LogP contribution is 2.35. The van der Waals surface area contributed by atoms with Gasteiger partial charge in [0.15, 0.2) is 5.01 Å². The lowest BCUT2D eigenvalue weighted by Crippen LogP contribution is -2.03. The molecule has 1 unspecified atom stereocenters. The molecule has 0 bridgehead atoms. The molecule has 0 saturated carbocycles. The van der Waals surface area contributed by atoms with Crippen molar-refractivity contribution in [1.82, 2.24) is 9.97 Å². The second-order valence-corrected chi connectivity index (χ2v) is 4.73. The first-order valence-corrected chi connectivity index (χ1v) is 5.84. The maximum absolute atomic E-state index is 12.4. The Hall–Kier alpha value is -1.47. The second kappa shape index (κ2) is 4.66. The summed E-state index contributed by atoms with van der Waals surface area (Å²) in [6, 6.07) is 4.99. The monoisotopic (exact) mass is 274 g/mol. The van der Waals surface area contributed by atoms with Crippen LogP contribution in [0.4, 0.5) is 13.2 Å². The summed E-state index contributed by atoms with van der Waals surface area (Å²) in [4.78, 5) is 7.46. The standard InChI is InChI=1S/C11H9F3N2OS/c1-6-3-2-4-7(16-6)9(17)8-5-15-10(18-8)11(12,13)14/h2-5,9,17H,1H3. The highest BCUT2D eigenvalue weighted by molar-refractivity contribution is 7.11. The van der Waals surface area contributed by atoms with Crippen LogP contribution in [0, 0.1) is 6.92 Å². The highest BCUT2D eigenvalue weighted by Gasteiger charge is 2.35. The van der Waals surface area contributed by atoms with E-state index in [0.717, 1.165) is 6.20 Å². The molecule has 0 amide bonds. The minimum Gasteiger partial charge on any atom is -0.381 e. The Labute approximate surface area is 105 Å². The zero-order valence-electron chi connectivity index (χ0n) is 9.27. The van der Waals surface area contributed by atoms with Crippen molar-refractivity contribution in [2.45, 2.75) is 19.2 Å². The van der Waals surface area contributed by atoms with E-state index < -0.39 is 17.3 Å². The maximum atomic E-state index is 12.4. The number of rotatable bonds is 2. The molecular weight excluding hydrogens is 265 g/mol. The molecule has 2 heterocycles. The molecule has 0 spiro atoms. The van der Waals surface area contributed by atoms with Gasteiger partial charge in [-0.1, -0.05) is 6.07 Å². The van der Waals surface area contributed by atoms with Gasteiger partial charge in [0, 0.05) is 11.9 Å². The third kappa shape index (κ3) is 2.68. The van der Waals surface area contributed by atoms with E-state index in [0.29, 0.717) is 22.7 Å². The van der Waals surface area contributed by atoms with Gasteiger partial charge in [0.25, 0.3) is 0 Å². The topological polar surface area (TPSA) is 46.0 Å². The van der Waals surface area contributed by atoms with Gasteiger partial charge in [-0.15, -0.1) is 11.3 Å². The van der Waals surface area contributed by atoms with Gasteiger partial charge >= 0.3 is 6.18 Å². The van der Waals surface area contributed by atoms with Gasteiger partial charge in [-0.05, 0) is 19.1 Å². The summed E-state index contributed by atoms with van der Waals surface area (Å²) in [6.45, 7) is 1.74. The van der Waals surface area contributed by atoms with Gasteiger partial charge in [0.2, 0.25) is 0 Å². The summed E-state index contributed by atoms with van der Waals surface area (Å²) in [5, 5.41) is 8.97. The number of nitrogens with zero attached hydrogens (tertiary/aromatic N) is 2. The molecule has 0 aromatic carbocycles. The van der Waals surface area contributed by atoms with Crippen molar-refractivity contribution in [1.29, 1.82) is 0 Å². The molecule has 2 rings (SSSR count). The molecule has 2 aromatic heterocycles. The van der Waals surface area contributed by atoms with E-state index in [4.69, 9.17) is 0 Å². The number of pyridine rings is 1. The average Bonchev–Trinajstić information content (AvgIpc) is 2.77. The molecule has 3 nitrogen and oxygen atoms in total. The van der Waals surface area contributed by atoms with E-state index in [1.54, 1.807) is 25.1 Å². The number of thiazole rings is 1. The zero-order valence-corrected chi connectivity index (χ0v) is 10.1. The quantitative estimate of drug-likeness (QED) is 0.915. The van der Waals surface area contributed by atoms with Crippen LogP contribution in [0.2, 0.25) is 0 Å². The van der Waals surface area contributed by atoms with Crippen LogP contribution in [0.5, 0.6) is 0 Å². The number of aromatic nitrogens is 2. The minimum atomic E-state index is -4.48. The molecule has 18 heavy (non-hydrogen) atoms. The van der Waals surface area contributed by atoms with Gasteiger partial charge in [0.05, 0.1) is 10.6 Å². The fraction of sp³-hybridized carbons (Fsp3) is 0.273. The Morgan fingerprint density at radius 3 is 2.61 bits per heavy atom. The van der Waals surface area contributed by atoms with E-state index in [9.17, 15) is 18.3 Å². The largest absolute Gasteiger partial charge is 0.443 e. The summed E-state index contributed by atoms with van der Waals surface area (Å²) >= 11 is 0.423. The third-order valence-electron chi connectivity index (χ3n) is 2.23. The first-order chi connectivity index (χ1) is 8.38. The van der Waals surface area contributed by atoms with E-state index >= 15 is 0 Å². The van der Waals surface area contributed by atoms with Crippen molar-refractivity contribution in [3.63, 3.8) is 0 Å². The molecule has 2 aromatic rings. The summed E-state index contributed by atoms with van der Waals surface area (Å²) in [5.41, 5.74) is 1.000. The van der Waals surface area contributed by atoms with E-state index in [2.05, 4.69) is 9.97 Å². The van der Waals surface area contributed by atoms with Gasteiger partial charge in [-0.2, -0.15) is 13.2 Å².